The first-order valence-electron chi connectivity index (χ1n) is 9.10. The van der Waals surface area contributed by atoms with Crippen LogP contribution < -0.4 is 19.8 Å². The number of benzene rings is 2. The molecule has 0 radical (unpaired) electrons. The predicted molar refractivity (Wildman–Crippen MR) is 107 cm³/mol. The highest BCUT2D eigenvalue weighted by molar-refractivity contribution is 5.84. The molecule has 2 aromatic carbocycles. The Kier molecular flexibility index (Phi) is 6.30. The van der Waals surface area contributed by atoms with E-state index in [1.165, 1.54) is 18.5 Å². The fraction of sp³-hybridized carbons (Fsp3) is 0.333. The second-order valence-corrected chi connectivity index (χ2v) is 6.49. The normalized spacial score (nSPS) is 13.8. The molecule has 1 aliphatic rings. The molecule has 0 aliphatic carbocycles. The molecule has 27 heavy (non-hydrogen) atoms. The molecule has 2 aromatic rings. The Bertz CT molecular complexity index is 797. The molecule has 1 aliphatic heterocycles. The summed E-state index contributed by atoms with van der Waals surface area (Å²) >= 11 is 0. The molecule has 3 rings (SSSR count). The van der Waals surface area contributed by atoms with Gasteiger partial charge in [0.15, 0.2) is 6.61 Å². The zero-order chi connectivity index (χ0) is 19.1. The van der Waals surface area contributed by atoms with E-state index < -0.39 is 0 Å². The van der Waals surface area contributed by atoms with Gasteiger partial charge in [0.25, 0.3) is 5.91 Å². The number of carbonyl (C=O) groups excluding carboxylic acids is 1. The van der Waals surface area contributed by atoms with Crippen molar-refractivity contribution in [3.63, 3.8) is 0 Å². The molecule has 142 valence electrons. The molecule has 0 unspecified atom stereocenters. The zero-order valence-corrected chi connectivity index (χ0v) is 15.8. The van der Waals surface area contributed by atoms with Crippen LogP contribution in [-0.4, -0.2) is 38.9 Å². The Morgan fingerprint density at radius 2 is 1.85 bits per heavy atom. The van der Waals surface area contributed by atoms with Crippen LogP contribution in [0.5, 0.6) is 11.5 Å². The summed E-state index contributed by atoms with van der Waals surface area (Å²) in [5.41, 5.74) is 5.85. The molecule has 1 amide bonds. The van der Waals surface area contributed by atoms with Crippen molar-refractivity contribution in [2.24, 2.45) is 5.10 Å². The highest BCUT2D eigenvalue weighted by Gasteiger charge is 2.12. The van der Waals surface area contributed by atoms with Crippen LogP contribution in [0.15, 0.2) is 47.6 Å². The lowest BCUT2D eigenvalue weighted by molar-refractivity contribution is -0.123. The Labute approximate surface area is 159 Å². The summed E-state index contributed by atoms with van der Waals surface area (Å²) in [6.07, 6.45) is 4.17. The Morgan fingerprint density at radius 1 is 1.15 bits per heavy atom. The molecule has 1 N–H and O–H groups in total. The zero-order valence-electron chi connectivity index (χ0n) is 15.8. The number of rotatable bonds is 7. The summed E-state index contributed by atoms with van der Waals surface area (Å²) in [5.74, 6) is 1.03. The van der Waals surface area contributed by atoms with Gasteiger partial charge < -0.3 is 14.4 Å². The number of aryl methyl sites for hydroxylation is 1. The van der Waals surface area contributed by atoms with Gasteiger partial charge in [0.1, 0.15) is 11.5 Å². The summed E-state index contributed by atoms with van der Waals surface area (Å²) in [6, 6.07) is 13.4. The third kappa shape index (κ3) is 5.23. The Morgan fingerprint density at radius 3 is 2.52 bits per heavy atom. The van der Waals surface area contributed by atoms with Crippen LogP contribution in [0.2, 0.25) is 0 Å². The van der Waals surface area contributed by atoms with Crippen LogP contribution in [0.1, 0.15) is 24.0 Å². The molecular weight excluding hydrogens is 342 g/mol. The van der Waals surface area contributed by atoms with Gasteiger partial charge in [-0.05, 0) is 67.3 Å². The first-order chi connectivity index (χ1) is 13.2. The van der Waals surface area contributed by atoms with Crippen molar-refractivity contribution in [2.75, 3.05) is 31.7 Å². The SMILES string of the molecule is COc1ccc(OCC(=O)N/N=C/c2ccc(N3CCCC3)cc2C)cc1. The number of methoxy groups -OCH3 is 1. The Balaban J connectivity index is 1.48. The lowest BCUT2D eigenvalue weighted by Gasteiger charge is -2.18. The van der Waals surface area contributed by atoms with Gasteiger partial charge in [0, 0.05) is 18.8 Å². The van der Waals surface area contributed by atoms with Crippen molar-refractivity contribution in [3.8, 4) is 11.5 Å². The van der Waals surface area contributed by atoms with Gasteiger partial charge in [0.2, 0.25) is 0 Å². The number of anilines is 1. The fourth-order valence-corrected chi connectivity index (χ4v) is 3.00. The maximum absolute atomic E-state index is 11.9. The van der Waals surface area contributed by atoms with Gasteiger partial charge in [-0.15, -0.1) is 0 Å². The monoisotopic (exact) mass is 367 g/mol. The van der Waals surface area contributed by atoms with E-state index in [1.807, 2.05) is 6.07 Å². The number of nitrogens with zero attached hydrogens (tertiary/aromatic N) is 2. The minimum Gasteiger partial charge on any atom is -0.497 e. The van der Waals surface area contributed by atoms with E-state index in [0.717, 1.165) is 30.0 Å². The van der Waals surface area contributed by atoms with E-state index in [9.17, 15) is 4.79 Å². The van der Waals surface area contributed by atoms with Gasteiger partial charge in [-0.25, -0.2) is 5.43 Å². The fourth-order valence-electron chi connectivity index (χ4n) is 3.00. The summed E-state index contributed by atoms with van der Waals surface area (Å²) < 4.78 is 10.5. The van der Waals surface area contributed by atoms with Gasteiger partial charge in [-0.2, -0.15) is 5.10 Å². The molecule has 0 saturated carbocycles. The van der Waals surface area contributed by atoms with E-state index in [1.54, 1.807) is 37.6 Å². The Hall–Kier alpha value is -3.02. The molecule has 1 heterocycles. The predicted octanol–water partition coefficient (Wildman–Crippen LogP) is 3.13. The second-order valence-electron chi connectivity index (χ2n) is 6.49. The van der Waals surface area contributed by atoms with Crippen LogP contribution >= 0.6 is 0 Å². The van der Waals surface area contributed by atoms with Crippen LogP contribution in [0.4, 0.5) is 5.69 Å². The standard InChI is InChI=1S/C21H25N3O3/c1-16-13-18(24-11-3-4-12-24)6-5-17(16)14-22-23-21(25)15-27-20-9-7-19(26-2)8-10-20/h5-10,13-14H,3-4,11-12,15H2,1-2H3,(H,23,25)/b22-14+. The summed E-state index contributed by atoms with van der Waals surface area (Å²) in [5, 5.41) is 4.03. The minimum atomic E-state index is -0.312. The summed E-state index contributed by atoms with van der Waals surface area (Å²) in [4.78, 5) is 14.3. The van der Waals surface area contributed by atoms with Crippen LogP contribution in [0.3, 0.4) is 0 Å². The van der Waals surface area contributed by atoms with Gasteiger partial charge in [-0.1, -0.05) is 6.07 Å². The first-order valence-corrected chi connectivity index (χ1v) is 9.10. The van der Waals surface area contributed by atoms with Crippen molar-refractivity contribution in [1.82, 2.24) is 5.43 Å². The van der Waals surface area contributed by atoms with E-state index in [-0.39, 0.29) is 12.5 Å². The van der Waals surface area contributed by atoms with Crippen molar-refractivity contribution in [1.29, 1.82) is 0 Å². The lowest BCUT2D eigenvalue weighted by atomic mass is 10.1. The van der Waals surface area contributed by atoms with Gasteiger partial charge >= 0.3 is 0 Å². The molecule has 0 bridgehead atoms. The average Bonchev–Trinajstić information content (AvgIpc) is 3.23. The summed E-state index contributed by atoms with van der Waals surface area (Å²) in [6.45, 7) is 4.19. The van der Waals surface area contributed by atoms with Gasteiger partial charge in [0.05, 0.1) is 13.3 Å². The van der Waals surface area contributed by atoms with Crippen molar-refractivity contribution < 1.29 is 14.3 Å². The molecule has 0 aromatic heterocycles. The maximum Gasteiger partial charge on any atom is 0.277 e. The van der Waals surface area contributed by atoms with E-state index in [4.69, 9.17) is 9.47 Å². The third-order valence-electron chi connectivity index (χ3n) is 4.55. The van der Waals surface area contributed by atoms with Crippen LogP contribution in [0, 0.1) is 6.92 Å². The summed E-state index contributed by atoms with van der Waals surface area (Å²) in [7, 11) is 1.60. The highest BCUT2D eigenvalue weighted by Crippen LogP contribution is 2.22. The molecule has 6 nitrogen and oxygen atoms in total. The number of ether oxygens (including phenoxy) is 2. The molecular formula is C21H25N3O3. The third-order valence-corrected chi connectivity index (χ3v) is 4.55. The minimum absolute atomic E-state index is 0.101. The topological polar surface area (TPSA) is 63.2 Å². The quantitative estimate of drug-likeness (QED) is 0.603. The number of carbonyl (C=O) groups is 1. The number of hydrogen-bond acceptors (Lipinski definition) is 5. The second kappa shape index (κ2) is 9.07. The van der Waals surface area contributed by atoms with Crippen molar-refractivity contribution in [2.45, 2.75) is 19.8 Å². The van der Waals surface area contributed by atoms with Crippen molar-refractivity contribution >= 4 is 17.8 Å². The van der Waals surface area contributed by atoms with Crippen LogP contribution in [0.25, 0.3) is 0 Å². The van der Waals surface area contributed by atoms with Crippen LogP contribution in [-0.2, 0) is 4.79 Å². The first kappa shape index (κ1) is 18.8. The number of amides is 1. The van der Waals surface area contributed by atoms with E-state index in [0.29, 0.717) is 5.75 Å². The average molecular weight is 367 g/mol. The van der Waals surface area contributed by atoms with E-state index in [2.05, 4.69) is 34.5 Å². The largest absolute Gasteiger partial charge is 0.497 e. The number of hydrazone groups is 1. The van der Waals surface area contributed by atoms with Crippen molar-refractivity contribution in [3.05, 3.63) is 53.6 Å². The molecule has 6 heteroatoms. The smallest absolute Gasteiger partial charge is 0.277 e. The molecule has 1 saturated heterocycles. The lowest BCUT2D eigenvalue weighted by Crippen LogP contribution is -2.24. The maximum atomic E-state index is 11.9. The molecule has 0 spiro atoms. The van der Waals surface area contributed by atoms with Gasteiger partial charge in [-0.3, -0.25) is 4.79 Å². The number of nitrogens with one attached hydrogen (secondary N) is 1. The molecule has 1 fully saturated rings. The highest BCUT2D eigenvalue weighted by atomic mass is 16.5. The number of hydrogen-bond donors (Lipinski definition) is 1. The molecule has 0 atom stereocenters. The van der Waals surface area contributed by atoms with E-state index >= 15 is 0 Å².